The second-order valence-electron chi connectivity index (χ2n) is 7.89. The second kappa shape index (κ2) is 11.7. The van der Waals surface area contributed by atoms with E-state index in [2.05, 4.69) is 5.32 Å². The first-order valence-electron chi connectivity index (χ1n) is 10.5. The Kier molecular flexibility index (Phi) is 9.57. The number of carbonyl (C=O) groups excluding carboxylic acids is 2. The highest BCUT2D eigenvalue weighted by atomic mass is 35.5. The van der Waals surface area contributed by atoms with E-state index in [0.717, 1.165) is 22.5 Å². The molecule has 0 bridgehead atoms. The quantitative estimate of drug-likeness (QED) is 0.518. The zero-order chi connectivity index (χ0) is 24.8. The maximum absolute atomic E-state index is 13.4. The molecule has 0 aliphatic carbocycles. The van der Waals surface area contributed by atoms with Gasteiger partial charge in [0.25, 0.3) is 0 Å². The number of nitrogens with one attached hydrogen (secondary N) is 1. The van der Waals surface area contributed by atoms with Crippen molar-refractivity contribution in [1.29, 1.82) is 0 Å². The molecule has 2 atom stereocenters. The molecule has 0 radical (unpaired) electrons. The van der Waals surface area contributed by atoms with Gasteiger partial charge in [0.05, 0.1) is 11.9 Å². The molecule has 10 heteroatoms. The molecule has 0 spiro atoms. The topological polar surface area (TPSA) is 86.8 Å². The highest BCUT2D eigenvalue weighted by molar-refractivity contribution is 7.92. The second-order valence-corrected chi connectivity index (χ2v) is 10.7. The molecule has 1 N–H and O–H groups in total. The standard InChI is InChI=1S/C23H29Cl2N3O4S/c1-5-16(2)26-23(30)17(3)27(14-18-6-8-19(24)9-7-18)22(29)15-28(33(4,31)32)21-12-10-20(25)11-13-21/h6-13,16-17H,5,14-15H2,1-4H3,(H,26,30)/t16-,17-/m1/s1. The number of halogens is 2. The fourth-order valence-corrected chi connectivity index (χ4v) is 4.16. The number of carbonyl (C=O) groups is 2. The van der Waals surface area contributed by atoms with Crippen LogP contribution in [-0.2, 0) is 26.2 Å². The summed E-state index contributed by atoms with van der Waals surface area (Å²) in [6.45, 7) is 5.10. The van der Waals surface area contributed by atoms with Crippen molar-refractivity contribution < 1.29 is 18.0 Å². The average molecular weight is 514 g/mol. The van der Waals surface area contributed by atoms with Crippen LogP contribution in [0.5, 0.6) is 0 Å². The molecule has 2 rings (SSSR count). The lowest BCUT2D eigenvalue weighted by Gasteiger charge is -2.32. The predicted molar refractivity (Wildman–Crippen MR) is 133 cm³/mol. The van der Waals surface area contributed by atoms with E-state index in [1.54, 1.807) is 43.3 Å². The van der Waals surface area contributed by atoms with Crippen molar-refractivity contribution in [3.8, 4) is 0 Å². The van der Waals surface area contributed by atoms with Crippen molar-refractivity contribution in [1.82, 2.24) is 10.2 Å². The molecule has 0 unspecified atom stereocenters. The summed E-state index contributed by atoms with van der Waals surface area (Å²) < 4.78 is 26.0. The lowest BCUT2D eigenvalue weighted by molar-refractivity contribution is -0.139. The van der Waals surface area contributed by atoms with Crippen LogP contribution in [0.3, 0.4) is 0 Å². The van der Waals surface area contributed by atoms with Gasteiger partial charge in [-0.2, -0.15) is 0 Å². The summed E-state index contributed by atoms with van der Waals surface area (Å²) in [5.41, 5.74) is 1.06. The number of hydrogen-bond donors (Lipinski definition) is 1. The van der Waals surface area contributed by atoms with E-state index in [1.165, 1.54) is 17.0 Å². The Hall–Kier alpha value is -2.29. The van der Waals surface area contributed by atoms with Gasteiger partial charge in [-0.05, 0) is 62.2 Å². The van der Waals surface area contributed by atoms with Crippen LogP contribution in [-0.4, -0.2) is 50.0 Å². The maximum Gasteiger partial charge on any atom is 0.244 e. The summed E-state index contributed by atoms with van der Waals surface area (Å²) in [7, 11) is -3.78. The monoisotopic (exact) mass is 513 g/mol. The van der Waals surface area contributed by atoms with Crippen LogP contribution in [0, 0.1) is 0 Å². The van der Waals surface area contributed by atoms with Crippen LogP contribution in [0.25, 0.3) is 0 Å². The largest absolute Gasteiger partial charge is 0.352 e. The SMILES string of the molecule is CC[C@@H](C)NC(=O)[C@@H](C)N(Cc1ccc(Cl)cc1)C(=O)CN(c1ccc(Cl)cc1)S(C)(=O)=O. The van der Waals surface area contributed by atoms with E-state index in [-0.39, 0.29) is 18.5 Å². The Morgan fingerprint density at radius 2 is 1.48 bits per heavy atom. The van der Waals surface area contributed by atoms with E-state index in [0.29, 0.717) is 15.7 Å². The number of anilines is 1. The van der Waals surface area contributed by atoms with Crippen molar-refractivity contribution in [2.75, 3.05) is 17.1 Å². The molecule has 0 aliphatic heterocycles. The number of benzene rings is 2. The Morgan fingerprint density at radius 3 is 1.97 bits per heavy atom. The zero-order valence-electron chi connectivity index (χ0n) is 19.1. The van der Waals surface area contributed by atoms with E-state index in [9.17, 15) is 18.0 Å². The van der Waals surface area contributed by atoms with Gasteiger partial charge in [0.2, 0.25) is 21.8 Å². The van der Waals surface area contributed by atoms with Crippen molar-refractivity contribution in [2.45, 2.75) is 45.8 Å². The highest BCUT2D eigenvalue weighted by Crippen LogP contribution is 2.21. The van der Waals surface area contributed by atoms with E-state index < -0.39 is 28.5 Å². The highest BCUT2D eigenvalue weighted by Gasteiger charge is 2.30. The van der Waals surface area contributed by atoms with Crippen molar-refractivity contribution >= 4 is 50.7 Å². The van der Waals surface area contributed by atoms with Gasteiger partial charge in [-0.3, -0.25) is 13.9 Å². The lowest BCUT2D eigenvalue weighted by atomic mass is 10.1. The normalized spacial score (nSPS) is 13.2. The minimum atomic E-state index is -3.78. The van der Waals surface area contributed by atoms with Gasteiger partial charge in [-0.1, -0.05) is 42.3 Å². The first-order chi connectivity index (χ1) is 15.4. The van der Waals surface area contributed by atoms with Gasteiger partial charge < -0.3 is 10.2 Å². The summed E-state index contributed by atoms with van der Waals surface area (Å²) in [5, 5.41) is 3.87. The Balaban J connectivity index is 2.36. The summed E-state index contributed by atoms with van der Waals surface area (Å²) in [6.07, 6.45) is 1.76. The number of amides is 2. The Labute approximate surface area is 205 Å². The smallest absolute Gasteiger partial charge is 0.244 e. The van der Waals surface area contributed by atoms with Gasteiger partial charge in [-0.25, -0.2) is 8.42 Å². The Morgan fingerprint density at radius 1 is 0.970 bits per heavy atom. The molecule has 0 saturated carbocycles. The first-order valence-corrected chi connectivity index (χ1v) is 13.1. The summed E-state index contributed by atoms with van der Waals surface area (Å²) in [6, 6.07) is 12.2. The number of rotatable bonds is 10. The molecule has 7 nitrogen and oxygen atoms in total. The van der Waals surface area contributed by atoms with Gasteiger partial charge in [0.1, 0.15) is 12.6 Å². The van der Waals surface area contributed by atoms with E-state index in [4.69, 9.17) is 23.2 Å². The molecule has 0 heterocycles. The van der Waals surface area contributed by atoms with Gasteiger partial charge in [0.15, 0.2) is 0 Å². The minimum absolute atomic E-state index is 0.0611. The van der Waals surface area contributed by atoms with E-state index in [1.807, 2.05) is 13.8 Å². The first kappa shape index (κ1) is 27.0. The van der Waals surface area contributed by atoms with Crippen molar-refractivity contribution in [2.24, 2.45) is 0 Å². The number of nitrogens with zero attached hydrogens (tertiary/aromatic N) is 2. The molecule has 180 valence electrons. The lowest BCUT2D eigenvalue weighted by Crippen LogP contribution is -2.52. The third-order valence-corrected chi connectivity index (χ3v) is 6.87. The average Bonchev–Trinajstić information content (AvgIpc) is 2.76. The van der Waals surface area contributed by atoms with Gasteiger partial charge >= 0.3 is 0 Å². The molecule has 2 aromatic carbocycles. The van der Waals surface area contributed by atoms with Gasteiger partial charge in [-0.15, -0.1) is 0 Å². The summed E-state index contributed by atoms with van der Waals surface area (Å²) in [4.78, 5) is 27.6. The molecular weight excluding hydrogens is 485 g/mol. The number of hydrogen-bond acceptors (Lipinski definition) is 4. The molecule has 0 aliphatic rings. The van der Waals surface area contributed by atoms with E-state index >= 15 is 0 Å². The minimum Gasteiger partial charge on any atom is -0.352 e. The molecule has 0 aromatic heterocycles. The van der Waals surface area contributed by atoms with Gasteiger partial charge in [0, 0.05) is 22.6 Å². The molecule has 0 fully saturated rings. The third kappa shape index (κ3) is 7.91. The molecular formula is C23H29Cl2N3O4S. The van der Waals surface area contributed by atoms with Crippen LogP contribution in [0.15, 0.2) is 48.5 Å². The molecule has 33 heavy (non-hydrogen) atoms. The number of sulfonamides is 1. The third-order valence-electron chi connectivity index (χ3n) is 5.23. The van der Waals surface area contributed by atoms with Crippen LogP contribution < -0.4 is 9.62 Å². The van der Waals surface area contributed by atoms with Crippen LogP contribution in [0.1, 0.15) is 32.8 Å². The van der Waals surface area contributed by atoms with Crippen LogP contribution in [0.4, 0.5) is 5.69 Å². The fourth-order valence-electron chi connectivity index (χ4n) is 3.06. The van der Waals surface area contributed by atoms with Crippen LogP contribution >= 0.6 is 23.2 Å². The summed E-state index contributed by atoms with van der Waals surface area (Å²) in [5.74, 6) is -0.832. The molecule has 2 aromatic rings. The fraction of sp³-hybridized carbons (Fsp3) is 0.391. The Bertz CT molecular complexity index is 1060. The van der Waals surface area contributed by atoms with Crippen LogP contribution in [0.2, 0.25) is 10.0 Å². The maximum atomic E-state index is 13.4. The molecule has 2 amide bonds. The predicted octanol–water partition coefficient (Wildman–Crippen LogP) is 4.09. The van der Waals surface area contributed by atoms with Crippen molar-refractivity contribution in [3.63, 3.8) is 0 Å². The molecule has 0 saturated heterocycles. The summed E-state index contributed by atoms with van der Waals surface area (Å²) >= 11 is 11.9. The zero-order valence-corrected chi connectivity index (χ0v) is 21.4. The van der Waals surface area contributed by atoms with Crippen molar-refractivity contribution in [3.05, 3.63) is 64.1 Å².